The van der Waals surface area contributed by atoms with Crippen LogP contribution < -0.4 is 5.73 Å². The largest absolute Gasteiger partial charge is 0.330 e. The van der Waals surface area contributed by atoms with Gasteiger partial charge in [-0.05, 0) is 0 Å². The zero-order valence-corrected chi connectivity index (χ0v) is 7.78. The highest BCUT2D eigenvalue weighted by Crippen LogP contribution is 2.52. The lowest BCUT2D eigenvalue weighted by molar-refractivity contribution is -0.124. The van der Waals surface area contributed by atoms with Crippen molar-refractivity contribution in [3.8, 4) is 0 Å². The molecule has 0 aromatic carbocycles. The van der Waals surface area contributed by atoms with Gasteiger partial charge in [0.05, 0.1) is 11.2 Å². The minimum Gasteiger partial charge on any atom is -0.330 e. The van der Waals surface area contributed by atoms with Gasteiger partial charge in [-0.3, -0.25) is 0 Å². The highest BCUT2D eigenvalue weighted by molar-refractivity contribution is 7.07. The van der Waals surface area contributed by atoms with Crippen LogP contribution in [-0.4, -0.2) is 17.5 Å². The fourth-order valence-electron chi connectivity index (χ4n) is 1.84. The quantitative estimate of drug-likeness (QED) is 0.797. The Balaban J connectivity index is 2.21. The Bertz CT molecular complexity index is 289. The number of thiazole rings is 1. The van der Waals surface area contributed by atoms with Crippen molar-refractivity contribution in [3.05, 3.63) is 16.6 Å². The second-order valence-corrected chi connectivity index (χ2v) is 4.29. The average Bonchev–Trinajstić information content (AvgIpc) is 2.51. The van der Waals surface area contributed by atoms with Crippen LogP contribution in [0.5, 0.6) is 0 Å². The molecule has 1 aromatic rings. The van der Waals surface area contributed by atoms with Gasteiger partial charge >= 0.3 is 0 Å². The molecule has 1 heterocycles. The first-order valence-corrected chi connectivity index (χ1v) is 4.99. The maximum Gasteiger partial charge on any atom is 0.250 e. The number of alkyl halides is 2. The van der Waals surface area contributed by atoms with Gasteiger partial charge in [0, 0.05) is 30.2 Å². The van der Waals surface area contributed by atoms with E-state index in [0.717, 1.165) is 5.69 Å². The molecule has 0 spiro atoms. The Kier molecular flexibility index (Phi) is 1.89. The minimum atomic E-state index is -2.54. The minimum absolute atomic E-state index is 0.153. The summed E-state index contributed by atoms with van der Waals surface area (Å²) in [6, 6.07) is 0. The number of nitrogens with two attached hydrogens (primary N) is 1. The molecule has 0 aliphatic heterocycles. The lowest BCUT2D eigenvalue weighted by atomic mass is 9.64. The number of hydrogen-bond acceptors (Lipinski definition) is 3. The van der Waals surface area contributed by atoms with Gasteiger partial charge in [0.2, 0.25) is 5.92 Å². The van der Waals surface area contributed by atoms with Crippen LogP contribution in [0.1, 0.15) is 18.5 Å². The van der Waals surface area contributed by atoms with E-state index in [4.69, 9.17) is 5.73 Å². The second-order valence-electron chi connectivity index (χ2n) is 3.57. The molecule has 0 unspecified atom stereocenters. The van der Waals surface area contributed by atoms with Gasteiger partial charge in [-0.1, -0.05) is 0 Å². The summed E-state index contributed by atoms with van der Waals surface area (Å²) in [5, 5.41) is 1.81. The molecule has 2 rings (SSSR count). The fourth-order valence-corrected chi connectivity index (χ4v) is 2.52. The van der Waals surface area contributed by atoms with Crippen molar-refractivity contribution in [2.75, 3.05) is 6.54 Å². The third-order valence-electron chi connectivity index (χ3n) is 2.56. The van der Waals surface area contributed by atoms with E-state index in [1.54, 1.807) is 5.51 Å². The van der Waals surface area contributed by atoms with Crippen LogP contribution in [0.15, 0.2) is 10.9 Å². The summed E-state index contributed by atoms with van der Waals surface area (Å²) >= 11 is 1.42. The second kappa shape index (κ2) is 2.72. The van der Waals surface area contributed by atoms with Crippen LogP contribution in [-0.2, 0) is 5.41 Å². The monoisotopic (exact) mass is 204 g/mol. The molecule has 1 aliphatic rings. The van der Waals surface area contributed by atoms with Gasteiger partial charge in [-0.15, -0.1) is 11.3 Å². The zero-order valence-electron chi connectivity index (χ0n) is 6.96. The molecule has 0 amide bonds. The molecule has 0 radical (unpaired) electrons. The van der Waals surface area contributed by atoms with Gasteiger partial charge in [0.25, 0.3) is 0 Å². The average molecular weight is 204 g/mol. The van der Waals surface area contributed by atoms with Crippen LogP contribution in [0.25, 0.3) is 0 Å². The molecule has 0 saturated heterocycles. The normalized spacial score (nSPS) is 23.9. The molecule has 0 bridgehead atoms. The number of nitrogens with zero attached hydrogens (tertiary/aromatic N) is 1. The fraction of sp³-hybridized carbons (Fsp3) is 0.625. The highest BCUT2D eigenvalue weighted by atomic mass is 32.1. The molecule has 1 aliphatic carbocycles. The maximum absolute atomic E-state index is 12.7. The third kappa shape index (κ3) is 1.36. The molecule has 13 heavy (non-hydrogen) atoms. The SMILES string of the molecule is NCC1(c2cscn2)CC(F)(F)C1. The van der Waals surface area contributed by atoms with Crippen LogP contribution in [0.4, 0.5) is 8.78 Å². The van der Waals surface area contributed by atoms with E-state index < -0.39 is 11.3 Å². The van der Waals surface area contributed by atoms with Gasteiger partial charge in [0.15, 0.2) is 0 Å². The Morgan fingerprint density at radius 2 is 2.23 bits per heavy atom. The summed E-state index contributed by atoms with van der Waals surface area (Å²) in [5.74, 6) is -2.54. The molecule has 1 aromatic heterocycles. The van der Waals surface area contributed by atoms with Crippen molar-refractivity contribution in [2.24, 2.45) is 5.73 Å². The first kappa shape index (κ1) is 9.02. The molecular weight excluding hydrogens is 194 g/mol. The van der Waals surface area contributed by atoms with E-state index in [1.807, 2.05) is 5.38 Å². The van der Waals surface area contributed by atoms with Crippen LogP contribution in [0.2, 0.25) is 0 Å². The first-order valence-electron chi connectivity index (χ1n) is 4.05. The van der Waals surface area contributed by atoms with E-state index >= 15 is 0 Å². The van der Waals surface area contributed by atoms with E-state index in [1.165, 1.54) is 11.3 Å². The van der Waals surface area contributed by atoms with Crippen molar-refractivity contribution < 1.29 is 8.78 Å². The summed E-state index contributed by atoms with van der Waals surface area (Å²) < 4.78 is 25.5. The summed E-state index contributed by atoms with van der Waals surface area (Å²) in [4.78, 5) is 4.05. The Hall–Kier alpha value is -0.550. The van der Waals surface area contributed by atoms with Crippen LogP contribution in [0.3, 0.4) is 0 Å². The van der Waals surface area contributed by atoms with E-state index in [2.05, 4.69) is 4.98 Å². The van der Waals surface area contributed by atoms with Crippen molar-refractivity contribution >= 4 is 11.3 Å². The summed E-state index contributed by atoms with van der Waals surface area (Å²) in [7, 11) is 0. The lowest BCUT2D eigenvalue weighted by Gasteiger charge is -2.45. The standard InChI is InChI=1S/C8H10F2N2S/c9-8(10)2-7(3-8,4-11)6-1-13-5-12-6/h1,5H,2-4,11H2. The third-order valence-corrected chi connectivity index (χ3v) is 3.15. The molecular formula is C8H10F2N2S. The topological polar surface area (TPSA) is 38.9 Å². The maximum atomic E-state index is 12.7. The van der Waals surface area contributed by atoms with Gasteiger partial charge in [0.1, 0.15) is 0 Å². The Labute approximate surface area is 78.8 Å². The molecule has 1 saturated carbocycles. The number of halogens is 2. The Morgan fingerprint density at radius 1 is 1.54 bits per heavy atom. The summed E-state index contributed by atoms with van der Waals surface area (Å²) in [6.45, 7) is 0.256. The molecule has 0 atom stereocenters. The predicted octanol–water partition coefficient (Wildman–Crippen LogP) is 1.77. The molecule has 2 nitrogen and oxygen atoms in total. The highest BCUT2D eigenvalue weighted by Gasteiger charge is 2.57. The number of rotatable bonds is 2. The van der Waals surface area contributed by atoms with Gasteiger partial charge in [-0.2, -0.15) is 0 Å². The molecule has 72 valence electrons. The van der Waals surface area contributed by atoms with Crippen LogP contribution >= 0.6 is 11.3 Å². The number of hydrogen-bond donors (Lipinski definition) is 1. The van der Waals surface area contributed by atoms with Crippen molar-refractivity contribution in [1.82, 2.24) is 4.98 Å². The van der Waals surface area contributed by atoms with Gasteiger partial charge < -0.3 is 5.73 Å². The van der Waals surface area contributed by atoms with E-state index in [0.29, 0.717) is 0 Å². The van der Waals surface area contributed by atoms with E-state index in [9.17, 15) is 8.78 Å². The Morgan fingerprint density at radius 3 is 2.62 bits per heavy atom. The zero-order chi connectivity index (χ0) is 9.53. The molecule has 1 fully saturated rings. The number of aromatic nitrogens is 1. The lowest BCUT2D eigenvalue weighted by Crippen LogP contribution is -2.53. The van der Waals surface area contributed by atoms with Gasteiger partial charge in [-0.25, -0.2) is 13.8 Å². The van der Waals surface area contributed by atoms with Crippen molar-refractivity contribution in [1.29, 1.82) is 0 Å². The molecule has 2 N–H and O–H groups in total. The molecule has 5 heteroatoms. The van der Waals surface area contributed by atoms with Crippen molar-refractivity contribution in [3.63, 3.8) is 0 Å². The summed E-state index contributed by atoms with van der Waals surface area (Å²) in [5.41, 5.74) is 7.34. The van der Waals surface area contributed by atoms with Crippen LogP contribution in [0, 0.1) is 0 Å². The summed E-state index contributed by atoms with van der Waals surface area (Å²) in [6.07, 6.45) is -0.305. The first-order chi connectivity index (χ1) is 6.08. The smallest absolute Gasteiger partial charge is 0.250 e. The predicted molar refractivity (Wildman–Crippen MR) is 47.0 cm³/mol. The van der Waals surface area contributed by atoms with Crippen molar-refractivity contribution in [2.45, 2.75) is 24.2 Å². The van der Waals surface area contributed by atoms with E-state index in [-0.39, 0.29) is 19.4 Å².